The monoisotopic (exact) mass is 1030 g/mol. The zero-order valence-corrected chi connectivity index (χ0v) is 45.0. The lowest BCUT2D eigenvalue weighted by Gasteiger charge is -2.45. The normalized spacial score (nSPS) is 38.5. The predicted molar refractivity (Wildman–Crippen MR) is 286 cm³/mol. The first-order chi connectivity index (χ1) is 39.1. The Morgan fingerprint density at radius 3 is 1.32 bits per heavy atom. The molecule has 0 radical (unpaired) electrons. The Labute approximate surface area is 456 Å². The highest BCUT2D eigenvalue weighted by molar-refractivity contribution is 5.82. The Hall–Kier alpha value is -3.12. The van der Waals surface area contributed by atoms with Crippen molar-refractivity contribution in [2.45, 2.75) is 272 Å². The van der Waals surface area contributed by atoms with Gasteiger partial charge in [0.05, 0.1) is 23.4 Å². The highest BCUT2D eigenvalue weighted by atomic mass is 16.6. The molecule has 8 saturated carbocycles. The standard InChI is InChI=1S/C31H48O5.C27H44O3.C4H6O3/c1-21(32)35-25-18-23(19-26(20-25)36-22(2)33)9-10-24-8-6-14-30(5)27(24)11-12-28(30)31(16-17-31)15-7-13-29(3,4)34;1-25(2,30)11-5-13-27(14-15-27)24-10-9-23-20(6-4-12-26(23,24)3)8-7-19-16-21(28)18-22(29)17-19;1-3(5)7-4(2)6/h9-10,25-28,34H,6-8,11-20H2,1-5H3;7-8,21-24,28-30H,4-6,9-18H2,1-3H3;1-2H3/b23-9?,24-10+;19-7?,20-8+;/t25-,26?,27?,28?,30+;21-,22?,23?,24?,26+;/m11./s1/i3D3,4D3;1D3,2D3;. The average Bonchev–Trinajstić information content (AvgIpc) is 1.61. The first-order valence-corrected chi connectivity index (χ1v) is 27.8. The number of aliphatic hydroxyl groups is 4. The molecular weight excluding hydrogens is 921 g/mol. The van der Waals surface area contributed by atoms with Gasteiger partial charge < -0.3 is 34.6 Å². The molecule has 0 aromatic carbocycles. The number of allylic oxidation sites excluding steroid dienone is 6. The molecule has 6 unspecified atom stereocenters. The number of fused-ring (bicyclic) bond motifs is 2. The molecule has 8 aliphatic carbocycles. The summed E-state index contributed by atoms with van der Waals surface area (Å²) in [4.78, 5) is 42.8. The van der Waals surface area contributed by atoms with Crippen LogP contribution in [0, 0.1) is 45.3 Å². The number of rotatable bonds is 14. The van der Waals surface area contributed by atoms with Crippen molar-refractivity contribution in [1.29, 1.82) is 0 Å². The zero-order chi connectivity index (χ0) is 63.6. The van der Waals surface area contributed by atoms with Crippen molar-refractivity contribution < 1.29 is 70.3 Å². The second-order valence-corrected chi connectivity index (χ2v) is 24.5. The van der Waals surface area contributed by atoms with Gasteiger partial charge in [-0.15, -0.1) is 0 Å². The lowest BCUT2D eigenvalue weighted by molar-refractivity contribution is -0.157. The van der Waals surface area contributed by atoms with Crippen LogP contribution < -0.4 is 0 Å². The van der Waals surface area contributed by atoms with Gasteiger partial charge in [0.2, 0.25) is 0 Å². The average molecular weight is 1030 g/mol. The van der Waals surface area contributed by atoms with Crippen LogP contribution >= 0.6 is 0 Å². The van der Waals surface area contributed by atoms with Crippen LogP contribution in [0.1, 0.15) is 252 Å². The molecule has 8 rings (SSSR count). The molecule has 412 valence electrons. The number of hydrogen-bond donors (Lipinski definition) is 4. The Balaban J connectivity index is 0.000000247. The zero-order valence-electron chi connectivity index (χ0n) is 57.0. The van der Waals surface area contributed by atoms with Crippen LogP contribution in [-0.2, 0) is 33.4 Å². The molecule has 0 spiro atoms. The fourth-order valence-corrected chi connectivity index (χ4v) is 15.6. The van der Waals surface area contributed by atoms with Crippen molar-refractivity contribution in [3.63, 3.8) is 0 Å². The van der Waals surface area contributed by atoms with Crippen LogP contribution in [0.15, 0.2) is 46.6 Å². The molecule has 4 N–H and O–H groups in total. The fourth-order valence-electron chi connectivity index (χ4n) is 15.6. The van der Waals surface area contributed by atoms with E-state index in [1.807, 2.05) is 0 Å². The van der Waals surface area contributed by atoms with Crippen molar-refractivity contribution in [3.05, 3.63) is 46.6 Å². The lowest BCUT2D eigenvalue weighted by atomic mass is 9.59. The highest BCUT2D eigenvalue weighted by Gasteiger charge is 2.62. The highest BCUT2D eigenvalue weighted by Crippen LogP contribution is 2.71. The minimum absolute atomic E-state index is 0.0900. The summed E-state index contributed by atoms with van der Waals surface area (Å²) in [6.45, 7) is -1.83. The summed E-state index contributed by atoms with van der Waals surface area (Å²) < 4.78 is 107. The van der Waals surface area contributed by atoms with Gasteiger partial charge in [-0.3, -0.25) is 19.2 Å². The van der Waals surface area contributed by atoms with Crippen molar-refractivity contribution in [2.24, 2.45) is 45.3 Å². The molecule has 73 heavy (non-hydrogen) atoms. The summed E-state index contributed by atoms with van der Waals surface area (Å²) >= 11 is 0. The molecule has 11 heteroatoms. The van der Waals surface area contributed by atoms with Gasteiger partial charge in [0.25, 0.3) is 0 Å². The van der Waals surface area contributed by atoms with Gasteiger partial charge in [-0.05, 0) is 208 Å². The largest absolute Gasteiger partial charge is 0.462 e. The molecule has 0 aromatic heterocycles. The van der Waals surface area contributed by atoms with E-state index >= 15 is 0 Å². The second-order valence-electron chi connectivity index (χ2n) is 24.5. The molecule has 0 heterocycles. The fraction of sp³-hybridized carbons (Fsp3) is 0.806. The van der Waals surface area contributed by atoms with Gasteiger partial charge in [-0.25, -0.2) is 0 Å². The number of aliphatic hydroxyl groups excluding tert-OH is 2. The van der Waals surface area contributed by atoms with Crippen LogP contribution in [0.3, 0.4) is 0 Å². The Bertz CT molecular complexity index is 2420. The van der Waals surface area contributed by atoms with E-state index in [0.717, 1.165) is 107 Å². The number of ether oxygens (including phenoxy) is 3. The van der Waals surface area contributed by atoms with E-state index in [-0.39, 0.29) is 58.6 Å². The maximum absolute atomic E-state index is 11.6. The smallest absolute Gasteiger partial charge is 0.310 e. The van der Waals surface area contributed by atoms with Crippen molar-refractivity contribution in [1.82, 2.24) is 0 Å². The van der Waals surface area contributed by atoms with Crippen LogP contribution in [0.2, 0.25) is 0 Å². The number of carbonyl (C=O) groups is 4. The van der Waals surface area contributed by atoms with Gasteiger partial charge in [0.1, 0.15) is 12.2 Å². The summed E-state index contributed by atoms with van der Waals surface area (Å²) in [5, 5.41) is 41.4. The third-order valence-electron chi connectivity index (χ3n) is 18.7. The maximum Gasteiger partial charge on any atom is 0.310 e. The van der Waals surface area contributed by atoms with Crippen LogP contribution in [0.25, 0.3) is 0 Å². The first-order valence-electron chi connectivity index (χ1n) is 33.8. The van der Waals surface area contributed by atoms with E-state index < -0.39 is 62.8 Å². The molecule has 10 atom stereocenters. The quantitative estimate of drug-likeness (QED) is 0.0740. The third-order valence-corrected chi connectivity index (χ3v) is 18.7. The molecule has 0 bridgehead atoms. The van der Waals surface area contributed by atoms with E-state index in [1.54, 1.807) is 0 Å². The second kappa shape index (κ2) is 24.5. The third kappa shape index (κ3) is 16.4. The van der Waals surface area contributed by atoms with Gasteiger partial charge in [0, 0.05) is 63.4 Å². The van der Waals surface area contributed by atoms with E-state index in [0.29, 0.717) is 75.0 Å². The molecule has 11 nitrogen and oxygen atoms in total. The van der Waals surface area contributed by atoms with E-state index in [9.17, 15) is 39.6 Å². The van der Waals surface area contributed by atoms with Gasteiger partial charge in [0.15, 0.2) is 0 Å². The van der Waals surface area contributed by atoms with Crippen LogP contribution in [-0.4, -0.2) is 79.9 Å². The molecule has 8 fully saturated rings. The Morgan fingerprint density at radius 2 is 0.973 bits per heavy atom. The van der Waals surface area contributed by atoms with Crippen LogP contribution in [0.5, 0.6) is 0 Å². The van der Waals surface area contributed by atoms with E-state index in [2.05, 4.69) is 42.9 Å². The van der Waals surface area contributed by atoms with E-state index in [4.69, 9.17) is 25.9 Å². The summed E-state index contributed by atoms with van der Waals surface area (Å²) in [5.74, 6) is 0.165. The first kappa shape index (κ1) is 43.9. The minimum Gasteiger partial charge on any atom is -0.462 e. The lowest BCUT2D eigenvalue weighted by Crippen LogP contribution is -2.37. The SMILES string of the molecule is CC(=O)OC(C)=O.[2H]C([2H])([2H])C(O)(CCCC1(C2CCC3/C(=C/C=C4CC(O)C[C@H](O)C4)CCC[C@@]32C)CC1)C([2H])([2H])[2H].[2H]C([2H])([2H])C(O)(CCCC1(C2CCC3/C(=C/C=C4CC(OC(C)=O)C[C@H](OC(C)=O)C4)CCC[C@@]32C)CC1)C([2H])([2H])[2H]. The van der Waals surface area contributed by atoms with Gasteiger partial charge in [-0.2, -0.15) is 0 Å². The topological polar surface area (TPSA) is 177 Å². The number of hydrogen-bond acceptors (Lipinski definition) is 11. The molecule has 8 aliphatic rings. The van der Waals surface area contributed by atoms with Crippen molar-refractivity contribution >= 4 is 23.9 Å². The Kier molecular flexibility index (Phi) is 14.7. The van der Waals surface area contributed by atoms with Crippen molar-refractivity contribution in [2.75, 3.05) is 0 Å². The summed E-state index contributed by atoms with van der Waals surface area (Å²) in [6.07, 6.45) is 28.0. The minimum atomic E-state index is -2.97. The predicted octanol–water partition coefficient (Wildman–Crippen LogP) is 12.6. The molecule has 0 amide bonds. The summed E-state index contributed by atoms with van der Waals surface area (Å²) in [6, 6.07) is 0. The maximum atomic E-state index is 11.6. The summed E-state index contributed by atoms with van der Waals surface area (Å²) in [7, 11) is 0. The van der Waals surface area contributed by atoms with Gasteiger partial charge in [-0.1, -0.05) is 73.3 Å². The number of esters is 4. The van der Waals surface area contributed by atoms with Gasteiger partial charge >= 0.3 is 23.9 Å². The Morgan fingerprint density at radius 1 is 0.575 bits per heavy atom. The number of carbonyl (C=O) groups excluding carboxylic acids is 4. The van der Waals surface area contributed by atoms with E-state index in [1.165, 1.54) is 45.3 Å². The molecule has 0 aliphatic heterocycles. The summed E-state index contributed by atoms with van der Waals surface area (Å²) in [5.41, 5.74) is 0.315. The molecule has 0 aromatic rings. The van der Waals surface area contributed by atoms with Crippen LogP contribution in [0.4, 0.5) is 0 Å². The molecular formula is C62H98O11. The molecule has 0 saturated heterocycles. The van der Waals surface area contributed by atoms with Crippen molar-refractivity contribution in [3.8, 4) is 0 Å².